The van der Waals surface area contributed by atoms with E-state index < -0.39 is 261 Å². The number of aliphatic carboxylic acids is 4. The first-order valence-corrected chi connectivity index (χ1v) is 37.2. The van der Waals surface area contributed by atoms with Gasteiger partial charge in [0.25, 0.3) is 0 Å². The van der Waals surface area contributed by atoms with Crippen LogP contribution in [0.2, 0.25) is 0 Å². The van der Waals surface area contributed by atoms with Gasteiger partial charge in [-0.3, -0.25) is 91.1 Å². The number of carboxylic acids is 4. The van der Waals surface area contributed by atoms with Gasteiger partial charge in [-0.15, -0.1) is 0 Å². The third-order valence-electron chi connectivity index (χ3n) is 18.1. The Bertz CT molecular complexity index is 4100. The average Bonchev–Trinajstić information content (AvgIpc) is 0.816. The Morgan fingerprint density at radius 2 is 1.07 bits per heavy atom. The number of ether oxygens (including phenoxy) is 1. The summed E-state index contributed by atoms with van der Waals surface area (Å²) in [5.41, 5.74) is 17.5. The van der Waals surface area contributed by atoms with E-state index in [1.165, 1.54) is 24.3 Å². The van der Waals surface area contributed by atoms with Crippen LogP contribution in [-0.4, -0.2) is 243 Å². The van der Waals surface area contributed by atoms with Crippen LogP contribution in [0.3, 0.4) is 0 Å². The topological polar surface area (TPSA) is 686 Å². The summed E-state index contributed by atoms with van der Waals surface area (Å²) >= 11 is 0. The summed E-state index contributed by atoms with van der Waals surface area (Å²) in [5, 5.41) is 79.6. The van der Waals surface area contributed by atoms with Crippen molar-refractivity contribution in [2.24, 2.45) is 17.4 Å². The van der Waals surface area contributed by atoms with Crippen LogP contribution in [0.1, 0.15) is 149 Å². The summed E-state index contributed by atoms with van der Waals surface area (Å²) < 4.78 is 5.69. The monoisotopic (exact) mass is 1640 g/mol. The van der Waals surface area contributed by atoms with Crippen molar-refractivity contribution in [1.29, 1.82) is 0 Å². The molecule has 13 unspecified atom stereocenters. The van der Waals surface area contributed by atoms with E-state index in [1.807, 2.05) is 16.0 Å². The minimum Gasteiger partial charge on any atom is -0.481 e. The highest BCUT2D eigenvalue weighted by Gasteiger charge is 2.41. The quantitative estimate of drug-likeness (QED) is 0.0114. The van der Waals surface area contributed by atoms with Crippen LogP contribution in [0.4, 0.5) is 5.69 Å². The van der Waals surface area contributed by atoms with E-state index in [0.29, 0.717) is 23.8 Å². The van der Waals surface area contributed by atoms with Crippen molar-refractivity contribution in [2.75, 3.05) is 32.0 Å². The number of nitrogens with two attached hydrogens (primary N) is 3. The van der Waals surface area contributed by atoms with Crippen molar-refractivity contribution in [3.05, 3.63) is 77.9 Å². The van der Waals surface area contributed by atoms with Gasteiger partial charge in [-0.1, -0.05) is 107 Å². The predicted octanol–water partition coefficient (Wildman–Crippen LogP) is -4.46. The lowest BCUT2D eigenvalue weighted by Gasteiger charge is -2.30. The molecule has 24 N–H and O–H groups in total. The fourth-order valence-electron chi connectivity index (χ4n) is 11.9. The van der Waals surface area contributed by atoms with E-state index in [1.54, 1.807) is 42.5 Å². The summed E-state index contributed by atoms with van der Waals surface area (Å²) in [6.45, 7) is 1.12. The number of Topliss-reactive ketones (excluding diaryl/α,β-unsaturated/α-hetero) is 1. The maximum Gasteiger partial charge on any atom is 0.329 e. The van der Waals surface area contributed by atoms with Crippen LogP contribution in [0.15, 0.2) is 66.7 Å². The number of ketones is 1. The van der Waals surface area contributed by atoms with Gasteiger partial charge >= 0.3 is 29.8 Å². The maximum absolute atomic E-state index is 14.9. The number of hydrogen-bond donors (Lipinski definition) is 21. The van der Waals surface area contributed by atoms with Crippen LogP contribution in [-0.2, 0) is 102 Å². The Hall–Kier alpha value is -12.8. The van der Waals surface area contributed by atoms with Crippen LogP contribution >= 0.6 is 0 Å². The van der Waals surface area contributed by atoms with Crippen molar-refractivity contribution in [3.63, 3.8) is 0 Å². The number of primary amides is 1. The molecule has 1 heterocycles. The number of carboxylic acid groups (broad SMARTS) is 4. The van der Waals surface area contributed by atoms with Gasteiger partial charge in [0.2, 0.25) is 82.7 Å². The van der Waals surface area contributed by atoms with Gasteiger partial charge in [0.05, 0.1) is 51.8 Å². The number of amides is 14. The zero-order valence-electron chi connectivity index (χ0n) is 64.2. The number of nitrogen functional groups attached to an aromatic ring is 1. The van der Waals surface area contributed by atoms with Gasteiger partial charge in [-0.05, 0) is 74.0 Å². The molecule has 0 saturated carbocycles. The molecule has 3 aromatic carbocycles. The van der Waals surface area contributed by atoms with Gasteiger partial charge in [-0.25, -0.2) is 4.79 Å². The van der Waals surface area contributed by atoms with Crippen molar-refractivity contribution in [2.45, 2.75) is 209 Å². The molecule has 0 radical (unpaired) electrons. The van der Waals surface area contributed by atoms with Crippen molar-refractivity contribution >= 4 is 135 Å². The minimum absolute atomic E-state index is 0. The molecule has 0 spiro atoms. The highest BCUT2D eigenvalue weighted by molar-refractivity contribution is 6.05. The van der Waals surface area contributed by atoms with Gasteiger partial charge in [-0.2, -0.15) is 0 Å². The molecule has 42 heteroatoms. The molecule has 638 valence electrons. The van der Waals surface area contributed by atoms with Crippen molar-refractivity contribution in [1.82, 2.24) is 69.1 Å². The third kappa shape index (κ3) is 32.8. The summed E-state index contributed by atoms with van der Waals surface area (Å²) in [5.74, 6) is -29.7. The molecule has 14 amide bonds. The molecule has 3 aromatic rings. The Morgan fingerprint density at radius 1 is 0.534 bits per heavy atom. The van der Waals surface area contributed by atoms with E-state index in [-0.39, 0.29) is 39.9 Å². The van der Waals surface area contributed by atoms with E-state index >= 15 is 0 Å². The first kappa shape index (κ1) is 95.6. The standard InChI is InChI=1S/C74H102N16O26.2H2/c1-5-6-7-8-9-10-11-25-55(94)82-46(28-41-20-16-19-40-18-12-13-21-42(40)41)68(109)85-47(30-54(77)93)69(110)87-50(33-61(103)104)70(111)90-63-39(4)116-74(115)51(29-53(92)43-22-14-15-23-44(43)76)88-73(114)62(37(2)27-58(97)98)89-71(112)52(36-91)83-57(96)34-78-65(106)48(31-59(99)100)84-64(105)38(3)80-67(108)49(32-60(101)102)86-66(107)45(24-17-26-75)81-56(95)35-79-72(63)113;;/h12-16,18-23,37-39,45-52,62-63,91H,5-11,17,24-36,75-76H2,1-4H3,(H2,77,93)(H,78,106)(H,79,113)(H,80,108)(H,81,95)(H,82,94)(H,83,96)(H,84,105)(H,85,109)(H,86,107)(H,87,110)(H,88,114)(H,89,112)(H,90,111)(H,97,98)(H,99,100)(H,101,102)(H,103,104);2*1H/i;2*1+1. The Labute approximate surface area is 667 Å². The first-order valence-electron chi connectivity index (χ1n) is 37.2. The molecule has 0 aliphatic carbocycles. The van der Waals surface area contributed by atoms with Crippen LogP contribution < -0.4 is 86.3 Å². The smallest absolute Gasteiger partial charge is 0.329 e. The van der Waals surface area contributed by atoms with Crippen molar-refractivity contribution < 1.29 is 129 Å². The van der Waals surface area contributed by atoms with E-state index in [4.69, 9.17) is 21.9 Å². The number of benzene rings is 3. The molecule has 1 saturated heterocycles. The maximum atomic E-state index is 14.9. The molecule has 0 bridgehead atoms. The van der Waals surface area contributed by atoms with E-state index in [0.717, 1.165) is 58.3 Å². The number of carbonyl (C=O) groups excluding carboxylic acids is 16. The number of anilines is 1. The highest BCUT2D eigenvalue weighted by atomic mass is 16.5. The zero-order chi connectivity index (χ0) is 86.5. The molecule has 4 rings (SSSR count). The number of hydrogen-bond acceptors (Lipinski definition) is 24. The number of esters is 1. The number of aliphatic hydroxyl groups excluding tert-OH is 1. The lowest BCUT2D eigenvalue weighted by atomic mass is 9.96. The summed E-state index contributed by atoms with van der Waals surface area (Å²) in [6.07, 6.45) is -3.89. The fraction of sp³-hybridized carbons (Fsp3) is 0.514. The SMILES string of the molecule is CCCCCCCCCC(=O)NC(Cc1cccc2ccccc12)C(=O)NC(CC(N)=O)C(=O)NC(CC(=O)O)C(=O)NC1C(=O)NCC(=O)NC(CCCN)C(=O)NC(CC(=O)O)C(=O)NC(C)C(=O)NC(CC(=O)O)C(=O)NCC(=O)NC(CO)C(=O)NC(C(C)CC(=O)O)C(=O)NC(CC(=O)c2ccccc2N)C(=O)OC1C.[2HH].[2HH]. The number of para-hydroxylation sites is 1. The molecule has 1 aliphatic rings. The minimum atomic E-state index is -2.45. The lowest BCUT2D eigenvalue weighted by Crippen LogP contribution is -2.62. The second-order valence-electron chi connectivity index (χ2n) is 27.5. The van der Waals surface area contributed by atoms with E-state index in [2.05, 4.69) is 60.1 Å². The Kier molecular flexibility index (Phi) is 39.8. The van der Waals surface area contributed by atoms with Crippen LogP contribution in [0.5, 0.6) is 0 Å². The van der Waals surface area contributed by atoms with Crippen molar-refractivity contribution in [3.8, 4) is 0 Å². The van der Waals surface area contributed by atoms with Crippen LogP contribution in [0, 0.1) is 5.92 Å². The van der Waals surface area contributed by atoms with Gasteiger partial charge in [0, 0.05) is 33.4 Å². The van der Waals surface area contributed by atoms with Gasteiger partial charge in [0.15, 0.2) is 5.78 Å². The average molecular weight is 1640 g/mol. The second kappa shape index (κ2) is 48.3. The normalized spacial score (nSPS) is 21.1. The molecule has 0 aromatic heterocycles. The van der Waals surface area contributed by atoms with Gasteiger partial charge in [0.1, 0.15) is 72.6 Å². The molecular weight excluding hydrogens is 1530 g/mol. The van der Waals surface area contributed by atoms with E-state index in [9.17, 15) is 121 Å². The Morgan fingerprint density at radius 3 is 1.67 bits per heavy atom. The number of carbonyl (C=O) groups is 20. The largest absolute Gasteiger partial charge is 0.481 e. The number of unbranched alkanes of at least 4 members (excludes halogenated alkanes) is 6. The molecule has 1 aliphatic heterocycles. The van der Waals surface area contributed by atoms with Gasteiger partial charge < -0.3 is 117 Å². The molecule has 13 atom stereocenters. The second-order valence-corrected chi connectivity index (χ2v) is 27.5. The fourth-order valence-corrected chi connectivity index (χ4v) is 11.9. The number of aliphatic hydroxyl groups is 1. The summed E-state index contributed by atoms with van der Waals surface area (Å²) in [4.78, 5) is 273. The molecule has 116 heavy (non-hydrogen) atoms. The zero-order valence-corrected chi connectivity index (χ0v) is 64.2. The predicted molar refractivity (Wildman–Crippen MR) is 410 cm³/mol. The third-order valence-corrected chi connectivity index (χ3v) is 18.1. The summed E-state index contributed by atoms with van der Waals surface area (Å²) in [6, 6.07) is -5.21. The molecule has 42 nitrogen and oxygen atoms in total. The highest BCUT2D eigenvalue weighted by Crippen LogP contribution is 2.22. The number of fused-ring (bicyclic) bond motifs is 1. The number of nitrogens with one attached hydrogen (secondary N) is 13. The van der Waals surface area contributed by atoms with Crippen LogP contribution in [0.25, 0.3) is 10.8 Å². The number of rotatable bonds is 35. The number of cyclic esters (lactones) is 1. The first-order chi connectivity index (χ1) is 54.9. The molecule has 1 fully saturated rings. The molecular formula is C74H106N16O26. The lowest BCUT2D eigenvalue weighted by molar-refractivity contribution is -0.156. The Balaban J connectivity index is 0.0000236. The summed E-state index contributed by atoms with van der Waals surface area (Å²) in [7, 11) is 0.